The number of carboxylic acids is 1. The number of nitrogens with zero attached hydrogens (tertiary/aromatic N) is 1. The molecule has 1 aliphatic rings. The largest absolute Gasteiger partial charge is 0.481 e. The molecule has 0 unspecified atom stereocenters. The first-order valence-electron chi connectivity index (χ1n) is 8.56. The van der Waals surface area contributed by atoms with Gasteiger partial charge in [0.05, 0.1) is 5.92 Å². The molecule has 1 heterocycles. The highest BCUT2D eigenvalue weighted by molar-refractivity contribution is 5.83. The second-order valence-corrected chi connectivity index (χ2v) is 6.60. The molecule has 24 heavy (non-hydrogen) atoms. The number of aliphatic carboxylic acids is 1. The van der Waals surface area contributed by atoms with E-state index in [1.807, 2.05) is 19.1 Å². The lowest BCUT2D eigenvalue weighted by Crippen LogP contribution is -2.49. The molecule has 4 nitrogen and oxygen atoms in total. The predicted molar refractivity (Wildman–Crippen MR) is 93.8 cm³/mol. The van der Waals surface area contributed by atoms with Crippen molar-refractivity contribution in [3.63, 3.8) is 0 Å². The van der Waals surface area contributed by atoms with E-state index in [0.717, 1.165) is 12.0 Å². The summed E-state index contributed by atoms with van der Waals surface area (Å²) in [4.78, 5) is 25.6. The summed E-state index contributed by atoms with van der Waals surface area (Å²) in [6.07, 6.45) is 2.54. The molecule has 1 fully saturated rings. The van der Waals surface area contributed by atoms with Crippen molar-refractivity contribution in [1.29, 1.82) is 0 Å². The lowest BCUT2D eigenvalue weighted by molar-refractivity contribution is -0.149. The maximum atomic E-state index is 12.5. The van der Waals surface area contributed by atoms with E-state index in [1.54, 1.807) is 4.90 Å². The third kappa shape index (κ3) is 3.42. The van der Waals surface area contributed by atoms with Crippen LogP contribution in [0.5, 0.6) is 0 Å². The second-order valence-electron chi connectivity index (χ2n) is 6.60. The molecular weight excluding hydrogens is 302 g/mol. The van der Waals surface area contributed by atoms with Crippen LogP contribution in [0.3, 0.4) is 0 Å². The number of carbonyl (C=O) groups excluding carboxylic acids is 1. The van der Waals surface area contributed by atoms with E-state index in [4.69, 9.17) is 0 Å². The van der Waals surface area contributed by atoms with Gasteiger partial charge in [-0.05, 0) is 42.5 Å². The average Bonchev–Trinajstić information content (AvgIpc) is 2.59. The van der Waals surface area contributed by atoms with E-state index in [-0.39, 0.29) is 11.9 Å². The number of fused-ring (bicyclic) bond motifs is 1. The molecule has 0 saturated carbocycles. The molecular formula is C20H23NO3. The van der Waals surface area contributed by atoms with Gasteiger partial charge in [0, 0.05) is 19.0 Å². The van der Waals surface area contributed by atoms with Gasteiger partial charge in [0.15, 0.2) is 0 Å². The molecule has 2 aromatic carbocycles. The fraction of sp³-hybridized carbons (Fsp3) is 0.400. The molecule has 0 aromatic heterocycles. The summed E-state index contributed by atoms with van der Waals surface area (Å²) >= 11 is 0. The molecule has 0 spiro atoms. The standard InChI is InChI=1S/C20H23NO3/c1-14-18(20(23)24)7-4-12-21(14)19(22)11-9-15-8-10-16-5-2-3-6-17(16)13-15/h2-3,5-6,8,10,13-14,18H,4,7,9,11-12H2,1H3,(H,23,24)/t14-,18-/m1/s1. The van der Waals surface area contributed by atoms with Crippen molar-refractivity contribution in [2.45, 2.75) is 38.6 Å². The monoisotopic (exact) mass is 325 g/mol. The predicted octanol–water partition coefficient (Wildman–Crippen LogP) is 3.48. The first-order chi connectivity index (χ1) is 11.6. The van der Waals surface area contributed by atoms with E-state index >= 15 is 0 Å². The number of amides is 1. The van der Waals surface area contributed by atoms with Crippen LogP contribution >= 0.6 is 0 Å². The van der Waals surface area contributed by atoms with Crippen LogP contribution in [0, 0.1) is 5.92 Å². The Kier molecular flexibility index (Phi) is 4.84. The normalized spacial score (nSPS) is 21.0. The Morgan fingerprint density at radius 2 is 1.92 bits per heavy atom. The minimum absolute atomic E-state index is 0.0570. The minimum Gasteiger partial charge on any atom is -0.481 e. The van der Waals surface area contributed by atoms with Crippen LogP contribution in [0.25, 0.3) is 10.8 Å². The number of hydrogen-bond acceptors (Lipinski definition) is 2. The Bertz CT molecular complexity index is 755. The number of piperidine rings is 1. The van der Waals surface area contributed by atoms with Gasteiger partial charge in [0.1, 0.15) is 0 Å². The highest BCUT2D eigenvalue weighted by atomic mass is 16.4. The van der Waals surface area contributed by atoms with Gasteiger partial charge in [-0.3, -0.25) is 9.59 Å². The summed E-state index contributed by atoms with van der Waals surface area (Å²) in [6.45, 7) is 2.52. The SMILES string of the molecule is C[C@@H]1[C@H](C(=O)O)CCCN1C(=O)CCc1ccc2ccccc2c1. The van der Waals surface area contributed by atoms with Gasteiger partial charge in [-0.15, -0.1) is 0 Å². The Morgan fingerprint density at radius 1 is 1.17 bits per heavy atom. The molecule has 0 aliphatic carbocycles. The summed E-state index contributed by atoms with van der Waals surface area (Å²) in [5.41, 5.74) is 1.14. The molecule has 0 bridgehead atoms. The first-order valence-corrected chi connectivity index (χ1v) is 8.56. The Labute approximate surface area is 142 Å². The Balaban J connectivity index is 1.64. The number of hydrogen-bond donors (Lipinski definition) is 1. The number of aryl methyl sites for hydroxylation is 1. The van der Waals surface area contributed by atoms with E-state index in [9.17, 15) is 14.7 Å². The topological polar surface area (TPSA) is 57.6 Å². The smallest absolute Gasteiger partial charge is 0.308 e. The maximum absolute atomic E-state index is 12.5. The zero-order valence-electron chi connectivity index (χ0n) is 13.9. The fourth-order valence-corrected chi connectivity index (χ4v) is 3.61. The third-order valence-electron chi connectivity index (χ3n) is 5.07. The molecule has 126 valence electrons. The zero-order chi connectivity index (χ0) is 17.1. The Morgan fingerprint density at radius 3 is 2.67 bits per heavy atom. The zero-order valence-corrected chi connectivity index (χ0v) is 13.9. The number of carbonyl (C=O) groups is 2. The quantitative estimate of drug-likeness (QED) is 0.936. The Hall–Kier alpha value is -2.36. The molecule has 1 saturated heterocycles. The molecule has 2 atom stereocenters. The van der Waals surface area contributed by atoms with Crippen LogP contribution in [0.1, 0.15) is 31.7 Å². The van der Waals surface area contributed by atoms with E-state index in [0.29, 0.717) is 25.8 Å². The number of likely N-dealkylation sites (tertiary alicyclic amines) is 1. The highest BCUT2D eigenvalue weighted by Crippen LogP contribution is 2.25. The molecule has 1 aliphatic heterocycles. The van der Waals surface area contributed by atoms with Gasteiger partial charge in [0.2, 0.25) is 5.91 Å². The van der Waals surface area contributed by atoms with Crippen molar-refractivity contribution in [2.75, 3.05) is 6.54 Å². The van der Waals surface area contributed by atoms with E-state index in [2.05, 4.69) is 30.3 Å². The van der Waals surface area contributed by atoms with Crippen LogP contribution in [0.4, 0.5) is 0 Å². The van der Waals surface area contributed by atoms with E-state index in [1.165, 1.54) is 10.8 Å². The van der Waals surface area contributed by atoms with Crippen LogP contribution in [0.15, 0.2) is 42.5 Å². The van der Waals surface area contributed by atoms with Crippen LogP contribution < -0.4 is 0 Å². The molecule has 1 amide bonds. The van der Waals surface area contributed by atoms with Crippen LogP contribution in [0.2, 0.25) is 0 Å². The van der Waals surface area contributed by atoms with Gasteiger partial charge in [-0.2, -0.15) is 0 Å². The van der Waals surface area contributed by atoms with E-state index < -0.39 is 11.9 Å². The van der Waals surface area contributed by atoms with Gasteiger partial charge in [0.25, 0.3) is 0 Å². The van der Waals surface area contributed by atoms with Gasteiger partial charge in [-0.25, -0.2) is 0 Å². The summed E-state index contributed by atoms with van der Waals surface area (Å²) in [5.74, 6) is -1.18. The summed E-state index contributed by atoms with van der Waals surface area (Å²) in [6, 6.07) is 14.2. The van der Waals surface area contributed by atoms with Crippen molar-refractivity contribution < 1.29 is 14.7 Å². The van der Waals surface area contributed by atoms with Gasteiger partial charge < -0.3 is 10.0 Å². The van der Waals surface area contributed by atoms with Crippen LogP contribution in [-0.4, -0.2) is 34.5 Å². The average molecular weight is 325 g/mol. The van der Waals surface area contributed by atoms with Crippen molar-refractivity contribution in [1.82, 2.24) is 4.90 Å². The molecule has 2 aromatic rings. The third-order valence-corrected chi connectivity index (χ3v) is 5.07. The van der Waals surface area contributed by atoms with Gasteiger partial charge in [-0.1, -0.05) is 42.5 Å². The molecule has 1 N–H and O–H groups in total. The molecule has 3 rings (SSSR count). The maximum Gasteiger partial charge on any atom is 0.308 e. The molecule has 0 radical (unpaired) electrons. The lowest BCUT2D eigenvalue weighted by Gasteiger charge is -2.37. The lowest BCUT2D eigenvalue weighted by atomic mass is 9.90. The molecule has 4 heteroatoms. The number of benzene rings is 2. The number of carboxylic acid groups (broad SMARTS) is 1. The van der Waals surface area contributed by atoms with Crippen molar-refractivity contribution in [3.05, 3.63) is 48.0 Å². The summed E-state index contributed by atoms with van der Waals surface area (Å²) in [5, 5.41) is 11.7. The summed E-state index contributed by atoms with van der Waals surface area (Å²) in [7, 11) is 0. The minimum atomic E-state index is -0.797. The van der Waals surface area contributed by atoms with Crippen molar-refractivity contribution >= 4 is 22.6 Å². The van der Waals surface area contributed by atoms with Crippen molar-refractivity contribution in [2.24, 2.45) is 5.92 Å². The number of rotatable bonds is 4. The van der Waals surface area contributed by atoms with Crippen LogP contribution in [-0.2, 0) is 16.0 Å². The van der Waals surface area contributed by atoms with Gasteiger partial charge >= 0.3 is 5.97 Å². The fourth-order valence-electron chi connectivity index (χ4n) is 3.61. The second kappa shape index (κ2) is 7.04. The summed E-state index contributed by atoms with van der Waals surface area (Å²) < 4.78 is 0. The highest BCUT2D eigenvalue weighted by Gasteiger charge is 2.34. The van der Waals surface area contributed by atoms with Crippen molar-refractivity contribution in [3.8, 4) is 0 Å². The first kappa shape index (κ1) is 16.5.